The Morgan fingerprint density at radius 2 is 1.88 bits per heavy atom. The molecule has 0 radical (unpaired) electrons. The van der Waals surface area contributed by atoms with Gasteiger partial charge in [0.2, 0.25) is 5.91 Å². The summed E-state index contributed by atoms with van der Waals surface area (Å²) in [5, 5.41) is 13.7. The number of carbonyl (C=O) groups is 1. The van der Waals surface area contributed by atoms with Crippen molar-refractivity contribution in [2.75, 3.05) is 17.7 Å². The van der Waals surface area contributed by atoms with Crippen LogP contribution in [0.4, 0.5) is 11.4 Å². The molecule has 0 spiro atoms. The summed E-state index contributed by atoms with van der Waals surface area (Å²) >= 11 is 11.7. The summed E-state index contributed by atoms with van der Waals surface area (Å²) in [6, 6.07) is 22.8. The van der Waals surface area contributed by atoms with Crippen LogP contribution in [-0.4, -0.2) is 27.8 Å². The third-order valence-corrected chi connectivity index (χ3v) is 5.61. The number of rotatable bonds is 8. The van der Waals surface area contributed by atoms with Gasteiger partial charge in [0, 0.05) is 17.8 Å². The van der Waals surface area contributed by atoms with Crippen molar-refractivity contribution in [1.29, 1.82) is 0 Å². The van der Waals surface area contributed by atoms with Crippen LogP contribution in [0, 0.1) is 4.77 Å². The molecule has 9 heteroatoms. The zero-order chi connectivity index (χ0) is 23.2. The van der Waals surface area contributed by atoms with Gasteiger partial charge in [-0.05, 0) is 60.2 Å². The van der Waals surface area contributed by atoms with Gasteiger partial charge < -0.3 is 15.4 Å². The van der Waals surface area contributed by atoms with Crippen molar-refractivity contribution in [2.45, 2.75) is 13.1 Å². The Morgan fingerprint density at radius 1 is 1.12 bits per heavy atom. The molecule has 0 atom stereocenters. The Balaban J connectivity index is 1.42. The first kappa shape index (κ1) is 22.6. The van der Waals surface area contributed by atoms with Gasteiger partial charge in [-0.3, -0.25) is 14.5 Å². The minimum Gasteiger partial charge on any atom is -0.497 e. The van der Waals surface area contributed by atoms with Crippen molar-refractivity contribution in [2.24, 2.45) is 0 Å². The van der Waals surface area contributed by atoms with Gasteiger partial charge in [0.1, 0.15) is 12.3 Å². The first-order chi connectivity index (χ1) is 16.0. The van der Waals surface area contributed by atoms with Crippen LogP contribution in [0.1, 0.15) is 5.56 Å². The van der Waals surface area contributed by atoms with E-state index in [-0.39, 0.29) is 12.5 Å². The van der Waals surface area contributed by atoms with Crippen LogP contribution in [0.5, 0.6) is 5.75 Å². The zero-order valence-corrected chi connectivity index (χ0v) is 19.4. The molecule has 0 saturated carbocycles. The average Bonchev–Trinajstić information content (AvgIpc) is 3.19. The molecule has 0 fully saturated rings. The molecule has 0 aliphatic rings. The number of carbonyl (C=O) groups excluding carboxylic acids is 1. The number of benzene rings is 3. The third kappa shape index (κ3) is 5.60. The fourth-order valence-corrected chi connectivity index (χ4v) is 3.74. The van der Waals surface area contributed by atoms with Crippen LogP contribution < -0.4 is 15.4 Å². The molecule has 0 aliphatic carbocycles. The summed E-state index contributed by atoms with van der Waals surface area (Å²) in [5.74, 6) is 1.05. The normalized spacial score (nSPS) is 10.6. The standard InChI is InChI=1S/C24H22ClN5O2S/c1-32-19-10-7-17(8-11-19)23-28-29-24(33)30(23)15-22(31)27-18-9-12-21(20(25)13-18)26-14-16-5-3-2-4-6-16/h2-13,26H,14-15H2,1H3,(H,27,31)(H,29,33). The number of hydrogen-bond donors (Lipinski definition) is 3. The molecular weight excluding hydrogens is 458 g/mol. The topological polar surface area (TPSA) is 84.0 Å². The second-order valence-electron chi connectivity index (χ2n) is 7.25. The second kappa shape index (κ2) is 10.3. The van der Waals surface area contributed by atoms with Crippen LogP contribution in [0.25, 0.3) is 11.4 Å². The minimum absolute atomic E-state index is 0.00231. The zero-order valence-electron chi connectivity index (χ0n) is 17.8. The number of anilines is 2. The van der Waals surface area contributed by atoms with Crippen molar-refractivity contribution in [3.8, 4) is 17.1 Å². The molecule has 4 rings (SSSR count). The lowest BCUT2D eigenvalue weighted by molar-refractivity contribution is -0.116. The number of aromatic nitrogens is 3. The lowest BCUT2D eigenvalue weighted by Gasteiger charge is -2.12. The number of ether oxygens (including phenoxy) is 1. The Hall–Kier alpha value is -3.62. The van der Waals surface area contributed by atoms with Crippen molar-refractivity contribution in [3.05, 3.63) is 88.2 Å². The molecule has 1 aromatic heterocycles. The highest BCUT2D eigenvalue weighted by molar-refractivity contribution is 7.71. The number of nitrogens with one attached hydrogen (secondary N) is 3. The maximum Gasteiger partial charge on any atom is 0.244 e. The number of amides is 1. The van der Waals surface area contributed by atoms with Gasteiger partial charge >= 0.3 is 0 Å². The van der Waals surface area contributed by atoms with E-state index in [9.17, 15) is 4.79 Å². The van der Waals surface area contributed by atoms with E-state index in [0.717, 1.165) is 22.6 Å². The van der Waals surface area contributed by atoms with E-state index in [1.165, 1.54) is 0 Å². The molecule has 3 N–H and O–H groups in total. The van der Waals surface area contributed by atoms with Crippen LogP contribution in [0.15, 0.2) is 72.8 Å². The largest absolute Gasteiger partial charge is 0.497 e. The summed E-state index contributed by atoms with van der Waals surface area (Å²) in [5.41, 5.74) is 3.34. The van der Waals surface area contributed by atoms with Gasteiger partial charge in [0.15, 0.2) is 10.6 Å². The van der Waals surface area contributed by atoms with Crippen LogP contribution in [0.2, 0.25) is 5.02 Å². The van der Waals surface area contributed by atoms with Crippen molar-refractivity contribution in [3.63, 3.8) is 0 Å². The SMILES string of the molecule is COc1ccc(-c2n[nH]c(=S)n2CC(=O)Nc2ccc(NCc3ccccc3)c(Cl)c2)cc1. The summed E-state index contributed by atoms with van der Waals surface area (Å²) in [7, 11) is 1.60. The molecule has 1 heterocycles. The number of hydrogen-bond acceptors (Lipinski definition) is 5. The summed E-state index contributed by atoms with van der Waals surface area (Å²) in [6.45, 7) is 0.654. The van der Waals surface area contributed by atoms with Crippen LogP contribution in [-0.2, 0) is 17.9 Å². The van der Waals surface area contributed by atoms with Crippen molar-refractivity contribution in [1.82, 2.24) is 14.8 Å². The predicted molar refractivity (Wildman–Crippen MR) is 133 cm³/mol. The number of H-pyrrole nitrogens is 1. The van der Waals surface area contributed by atoms with E-state index in [1.807, 2.05) is 60.7 Å². The fraction of sp³-hybridized carbons (Fsp3) is 0.125. The second-order valence-corrected chi connectivity index (χ2v) is 8.04. The lowest BCUT2D eigenvalue weighted by atomic mass is 10.2. The highest BCUT2D eigenvalue weighted by atomic mass is 35.5. The maximum absolute atomic E-state index is 12.7. The van der Waals surface area contributed by atoms with Crippen molar-refractivity contribution >= 4 is 41.1 Å². The number of methoxy groups -OCH3 is 1. The molecule has 4 aromatic rings. The fourth-order valence-electron chi connectivity index (χ4n) is 3.30. The number of halogens is 1. The first-order valence-corrected chi connectivity index (χ1v) is 11.0. The Kier molecular flexibility index (Phi) is 7.07. The molecule has 0 unspecified atom stereocenters. The summed E-state index contributed by atoms with van der Waals surface area (Å²) in [6.07, 6.45) is 0. The van der Waals surface area contributed by atoms with E-state index in [0.29, 0.717) is 27.9 Å². The van der Waals surface area contributed by atoms with Gasteiger partial charge in [0.25, 0.3) is 0 Å². The molecule has 168 valence electrons. The lowest BCUT2D eigenvalue weighted by Crippen LogP contribution is -2.19. The smallest absolute Gasteiger partial charge is 0.244 e. The van der Waals surface area contributed by atoms with E-state index >= 15 is 0 Å². The molecule has 3 aromatic carbocycles. The van der Waals surface area contributed by atoms with Crippen LogP contribution >= 0.6 is 23.8 Å². The molecule has 1 amide bonds. The van der Waals surface area contributed by atoms with E-state index < -0.39 is 0 Å². The highest BCUT2D eigenvalue weighted by Gasteiger charge is 2.13. The molecular formula is C24H22ClN5O2S. The Labute approximate surface area is 201 Å². The van der Waals surface area contributed by atoms with E-state index in [2.05, 4.69) is 20.8 Å². The monoisotopic (exact) mass is 479 g/mol. The molecule has 0 saturated heterocycles. The highest BCUT2D eigenvalue weighted by Crippen LogP contribution is 2.26. The summed E-state index contributed by atoms with van der Waals surface area (Å²) < 4.78 is 7.19. The van der Waals surface area contributed by atoms with Gasteiger partial charge in [-0.15, -0.1) is 0 Å². The first-order valence-electron chi connectivity index (χ1n) is 10.2. The predicted octanol–water partition coefficient (Wildman–Crippen LogP) is 5.52. The summed E-state index contributed by atoms with van der Waals surface area (Å²) in [4.78, 5) is 12.7. The van der Waals surface area contributed by atoms with Crippen LogP contribution in [0.3, 0.4) is 0 Å². The molecule has 0 bridgehead atoms. The molecule has 7 nitrogen and oxygen atoms in total. The van der Waals surface area contributed by atoms with E-state index in [1.54, 1.807) is 23.8 Å². The Bertz CT molecular complexity index is 1300. The van der Waals surface area contributed by atoms with Crippen molar-refractivity contribution < 1.29 is 9.53 Å². The number of aromatic amines is 1. The van der Waals surface area contributed by atoms with Gasteiger partial charge in [0.05, 0.1) is 17.8 Å². The maximum atomic E-state index is 12.7. The third-order valence-electron chi connectivity index (χ3n) is 4.99. The number of nitrogens with zero attached hydrogens (tertiary/aromatic N) is 2. The Morgan fingerprint density at radius 3 is 2.58 bits per heavy atom. The van der Waals surface area contributed by atoms with Gasteiger partial charge in [-0.1, -0.05) is 41.9 Å². The molecule has 33 heavy (non-hydrogen) atoms. The van der Waals surface area contributed by atoms with Gasteiger partial charge in [-0.2, -0.15) is 5.10 Å². The average molecular weight is 480 g/mol. The van der Waals surface area contributed by atoms with Gasteiger partial charge in [-0.25, -0.2) is 0 Å². The quantitative estimate of drug-likeness (QED) is 0.290. The van der Waals surface area contributed by atoms with E-state index in [4.69, 9.17) is 28.6 Å². The minimum atomic E-state index is -0.247. The molecule has 0 aliphatic heterocycles.